The lowest BCUT2D eigenvalue weighted by Gasteiger charge is -2.30. The number of rotatable bonds is 4. The highest BCUT2D eigenvalue weighted by atomic mass is 32.2. The quantitative estimate of drug-likeness (QED) is 0.900. The molecule has 6 nitrogen and oxygen atoms in total. The predicted octanol–water partition coefficient (Wildman–Crippen LogP) is 1.29. The third-order valence-corrected chi connectivity index (χ3v) is 6.03. The zero-order valence-corrected chi connectivity index (χ0v) is 14.0. The molecule has 2 aliphatic rings. The fraction of sp³-hybridized carbons (Fsp3) is 0.562. The molecule has 0 atom stereocenters. The summed E-state index contributed by atoms with van der Waals surface area (Å²) in [5.74, 6) is -0.197. The minimum atomic E-state index is -3.56. The summed E-state index contributed by atoms with van der Waals surface area (Å²) in [4.78, 5) is 14.2. The number of anilines is 1. The van der Waals surface area contributed by atoms with Gasteiger partial charge >= 0.3 is 0 Å². The zero-order valence-electron chi connectivity index (χ0n) is 13.2. The Balaban J connectivity index is 1.64. The van der Waals surface area contributed by atoms with Gasteiger partial charge in [0.15, 0.2) is 0 Å². The average molecular weight is 337 g/mol. The Morgan fingerprint density at radius 1 is 1.04 bits per heavy atom. The number of fused-ring (bicyclic) bond motifs is 1. The van der Waals surface area contributed by atoms with Crippen LogP contribution in [0.15, 0.2) is 24.3 Å². The number of para-hydroxylation sites is 1. The number of nitrogens with zero attached hydrogens (tertiary/aromatic N) is 2. The van der Waals surface area contributed by atoms with E-state index in [1.165, 1.54) is 4.31 Å². The molecule has 23 heavy (non-hydrogen) atoms. The maximum Gasteiger partial charge on any atom is 0.279 e. The molecule has 126 valence electrons. The van der Waals surface area contributed by atoms with Crippen LogP contribution in [0.4, 0.5) is 5.69 Å². The van der Waals surface area contributed by atoms with Gasteiger partial charge in [0.2, 0.25) is 5.91 Å². The van der Waals surface area contributed by atoms with E-state index < -0.39 is 10.2 Å². The lowest BCUT2D eigenvalue weighted by atomic mass is 10.0. The maximum atomic E-state index is 12.5. The van der Waals surface area contributed by atoms with Gasteiger partial charge in [0, 0.05) is 25.3 Å². The van der Waals surface area contributed by atoms with Crippen molar-refractivity contribution in [3.05, 3.63) is 29.8 Å². The van der Waals surface area contributed by atoms with Crippen LogP contribution in [0, 0.1) is 0 Å². The highest BCUT2D eigenvalue weighted by Gasteiger charge is 2.27. The Morgan fingerprint density at radius 3 is 2.57 bits per heavy atom. The number of carbonyl (C=O) groups excluding carboxylic acids is 1. The fourth-order valence-electron chi connectivity index (χ4n) is 3.24. The van der Waals surface area contributed by atoms with Gasteiger partial charge in [-0.25, -0.2) is 0 Å². The van der Waals surface area contributed by atoms with Gasteiger partial charge < -0.3 is 4.90 Å². The van der Waals surface area contributed by atoms with Crippen LogP contribution >= 0.6 is 0 Å². The minimum absolute atomic E-state index is 0.187. The second kappa shape index (κ2) is 6.98. The molecule has 0 radical (unpaired) electrons. The molecule has 1 fully saturated rings. The summed E-state index contributed by atoms with van der Waals surface area (Å²) in [6, 6.07) is 7.81. The molecule has 0 aliphatic carbocycles. The van der Waals surface area contributed by atoms with E-state index in [9.17, 15) is 13.2 Å². The molecule has 1 saturated heterocycles. The van der Waals surface area contributed by atoms with Crippen LogP contribution < -0.4 is 9.62 Å². The van der Waals surface area contributed by atoms with Gasteiger partial charge in [0.1, 0.15) is 0 Å². The van der Waals surface area contributed by atoms with E-state index in [1.807, 2.05) is 24.3 Å². The van der Waals surface area contributed by atoms with Crippen LogP contribution in [0.2, 0.25) is 0 Å². The molecule has 0 bridgehead atoms. The van der Waals surface area contributed by atoms with Crippen molar-refractivity contribution >= 4 is 21.8 Å². The highest BCUT2D eigenvalue weighted by molar-refractivity contribution is 7.87. The molecule has 1 aromatic rings. The van der Waals surface area contributed by atoms with Gasteiger partial charge in [-0.3, -0.25) is 4.79 Å². The molecule has 7 heteroatoms. The first-order chi connectivity index (χ1) is 11.1. The number of amides is 1. The summed E-state index contributed by atoms with van der Waals surface area (Å²) in [6.45, 7) is 1.53. The Kier molecular flexibility index (Phi) is 4.99. The topological polar surface area (TPSA) is 69.7 Å². The Bertz CT molecular complexity index is 669. The van der Waals surface area contributed by atoms with Crippen LogP contribution in [-0.2, 0) is 21.4 Å². The molecule has 1 amide bonds. The SMILES string of the molecule is O=C(CNS(=O)(=O)N1CCCCC1)N1CCCc2ccccc21. The number of benzene rings is 1. The summed E-state index contributed by atoms with van der Waals surface area (Å²) in [6.07, 6.45) is 4.69. The number of hydrogen-bond acceptors (Lipinski definition) is 3. The highest BCUT2D eigenvalue weighted by Crippen LogP contribution is 2.26. The Morgan fingerprint density at radius 2 is 1.78 bits per heavy atom. The molecule has 0 spiro atoms. The summed E-state index contributed by atoms with van der Waals surface area (Å²) in [5, 5.41) is 0. The molecular weight excluding hydrogens is 314 g/mol. The van der Waals surface area contributed by atoms with E-state index in [-0.39, 0.29) is 12.5 Å². The average Bonchev–Trinajstić information content (AvgIpc) is 2.60. The number of piperidine rings is 1. The van der Waals surface area contributed by atoms with Crippen LogP contribution in [0.3, 0.4) is 0 Å². The number of carbonyl (C=O) groups is 1. The van der Waals surface area contributed by atoms with E-state index in [0.717, 1.165) is 43.4 Å². The van der Waals surface area contributed by atoms with Crippen LogP contribution in [-0.4, -0.2) is 44.8 Å². The van der Waals surface area contributed by atoms with Crippen molar-refractivity contribution in [2.45, 2.75) is 32.1 Å². The second-order valence-electron chi connectivity index (χ2n) is 6.06. The zero-order chi connectivity index (χ0) is 16.3. The fourth-order valence-corrected chi connectivity index (χ4v) is 4.46. The third kappa shape index (κ3) is 3.73. The largest absolute Gasteiger partial charge is 0.311 e. The first-order valence-corrected chi connectivity index (χ1v) is 9.65. The van der Waals surface area contributed by atoms with Gasteiger partial charge in [-0.05, 0) is 37.3 Å². The van der Waals surface area contributed by atoms with Gasteiger partial charge in [-0.15, -0.1) is 0 Å². The molecule has 2 heterocycles. The first kappa shape index (κ1) is 16.4. The van der Waals surface area contributed by atoms with Crippen molar-refractivity contribution < 1.29 is 13.2 Å². The van der Waals surface area contributed by atoms with Gasteiger partial charge in [-0.1, -0.05) is 24.6 Å². The molecule has 1 aromatic carbocycles. The number of nitrogens with one attached hydrogen (secondary N) is 1. The molecule has 3 rings (SSSR count). The van der Waals surface area contributed by atoms with Gasteiger partial charge in [-0.2, -0.15) is 17.4 Å². The molecule has 1 N–H and O–H groups in total. The summed E-state index contributed by atoms with van der Waals surface area (Å²) in [5.41, 5.74) is 2.05. The molecule has 0 aromatic heterocycles. The van der Waals surface area contributed by atoms with E-state index in [4.69, 9.17) is 0 Å². The molecule has 2 aliphatic heterocycles. The molecule has 0 saturated carbocycles. The standard InChI is InChI=1S/C16H23N3O3S/c20-16(13-17-23(21,22)18-10-4-1-5-11-18)19-12-6-8-14-7-2-3-9-15(14)19/h2-3,7,9,17H,1,4-6,8,10-13H2. The number of aryl methyl sites for hydroxylation is 1. The van der Waals surface area contributed by atoms with E-state index in [2.05, 4.69) is 4.72 Å². The van der Waals surface area contributed by atoms with Crippen LogP contribution in [0.1, 0.15) is 31.2 Å². The second-order valence-corrected chi connectivity index (χ2v) is 7.82. The Hall–Kier alpha value is -1.44. The van der Waals surface area contributed by atoms with Crippen molar-refractivity contribution in [2.75, 3.05) is 31.1 Å². The minimum Gasteiger partial charge on any atom is -0.311 e. The smallest absolute Gasteiger partial charge is 0.279 e. The van der Waals surface area contributed by atoms with E-state index in [1.54, 1.807) is 4.90 Å². The molecule has 0 unspecified atom stereocenters. The molecular formula is C16H23N3O3S. The van der Waals surface area contributed by atoms with E-state index in [0.29, 0.717) is 19.6 Å². The first-order valence-electron chi connectivity index (χ1n) is 8.21. The summed E-state index contributed by atoms with van der Waals surface area (Å²) >= 11 is 0. The third-order valence-electron chi connectivity index (χ3n) is 4.47. The summed E-state index contributed by atoms with van der Waals surface area (Å²) < 4.78 is 28.4. The lowest BCUT2D eigenvalue weighted by Crippen LogP contribution is -2.48. The van der Waals surface area contributed by atoms with Crippen LogP contribution in [0.5, 0.6) is 0 Å². The van der Waals surface area contributed by atoms with Crippen molar-refractivity contribution in [2.24, 2.45) is 0 Å². The summed E-state index contributed by atoms with van der Waals surface area (Å²) in [7, 11) is -3.56. The van der Waals surface area contributed by atoms with Crippen LogP contribution in [0.25, 0.3) is 0 Å². The monoisotopic (exact) mass is 337 g/mol. The predicted molar refractivity (Wildman–Crippen MR) is 89.5 cm³/mol. The Labute approximate surface area is 137 Å². The van der Waals surface area contributed by atoms with Gasteiger partial charge in [0.05, 0.1) is 6.54 Å². The van der Waals surface area contributed by atoms with Crippen molar-refractivity contribution in [3.8, 4) is 0 Å². The van der Waals surface area contributed by atoms with Gasteiger partial charge in [0.25, 0.3) is 10.2 Å². The lowest BCUT2D eigenvalue weighted by molar-refractivity contribution is -0.117. The van der Waals surface area contributed by atoms with Crippen molar-refractivity contribution in [3.63, 3.8) is 0 Å². The number of hydrogen-bond donors (Lipinski definition) is 1. The normalized spacial score (nSPS) is 19.4. The van der Waals surface area contributed by atoms with Crippen molar-refractivity contribution in [1.82, 2.24) is 9.03 Å². The van der Waals surface area contributed by atoms with Crippen molar-refractivity contribution in [1.29, 1.82) is 0 Å². The van der Waals surface area contributed by atoms with E-state index >= 15 is 0 Å². The maximum absolute atomic E-state index is 12.5.